The molecule has 230 valence electrons. The van der Waals surface area contributed by atoms with E-state index in [1.807, 2.05) is 45.0 Å². The second kappa shape index (κ2) is 14.4. The third-order valence-corrected chi connectivity index (χ3v) is 8.95. The van der Waals surface area contributed by atoms with Crippen LogP contribution in [-0.2, 0) is 26.2 Å². The molecule has 0 saturated carbocycles. The maximum atomic E-state index is 14.1. The zero-order valence-corrected chi connectivity index (χ0v) is 25.5. The molecule has 1 N–H and O–H groups in total. The number of carbonyl (C=O) groups excluding carboxylic acids is 2. The Morgan fingerprint density at radius 1 is 0.953 bits per heavy atom. The number of amides is 2. The van der Waals surface area contributed by atoms with E-state index in [1.54, 1.807) is 0 Å². The zero-order chi connectivity index (χ0) is 31.0. The number of nitrogens with one attached hydrogen (secondary N) is 1. The largest absolute Gasteiger partial charge is 0.486 e. The number of benzene rings is 3. The highest BCUT2D eigenvalue weighted by Crippen LogP contribution is 2.34. The number of aryl methyl sites for hydroxylation is 1. The van der Waals surface area contributed by atoms with Crippen molar-refractivity contribution in [1.29, 1.82) is 0 Å². The van der Waals surface area contributed by atoms with Crippen LogP contribution in [0.15, 0.2) is 71.6 Å². The van der Waals surface area contributed by atoms with Gasteiger partial charge in [0, 0.05) is 19.2 Å². The van der Waals surface area contributed by atoms with Crippen molar-refractivity contribution in [1.82, 2.24) is 10.2 Å². The summed E-state index contributed by atoms with van der Waals surface area (Å²) < 4.78 is 54.1. The van der Waals surface area contributed by atoms with Crippen molar-refractivity contribution >= 4 is 27.5 Å². The Morgan fingerprint density at radius 2 is 1.63 bits per heavy atom. The number of hydrogen-bond acceptors (Lipinski definition) is 6. The van der Waals surface area contributed by atoms with Gasteiger partial charge in [0.25, 0.3) is 10.0 Å². The fraction of sp³-hybridized carbons (Fsp3) is 0.375. The minimum atomic E-state index is -4.35. The first-order chi connectivity index (χ1) is 20.6. The van der Waals surface area contributed by atoms with Gasteiger partial charge in [-0.15, -0.1) is 0 Å². The molecule has 0 spiro atoms. The van der Waals surface area contributed by atoms with Crippen molar-refractivity contribution in [2.45, 2.75) is 57.5 Å². The molecule has 1 aliphatic rings. The van der Waals surface area contributed by atoms with Gasteiger partial charge in [-0.05, 0) is 61.7 Å². The van der Waals surface area contributed by atoms with Crippen molar-refractivity contribution < 1.29 is 31.9 Å². The second-order valence-electron chi connectivity index (χ2n) is 10.4. The first kappa shape index (κ1) is 31.8. The molecule has 11 heteroatoms. The van der Waals surface area contributed by atoms with Crippen LogP contribution in [0.3, 0.4) is 0 Å². The molecule has 2 amide bonds. The van der Waals surface area contributed by atoms with Gasteiger partial charge in [0.05, 0.1) is 10.6 Å². The molecule has 0 saturated heterocycles. The minimum Gasteiger partial charge on any atom is -0.486 e. The standard InChI is InChI=1S/C32H38FN3O6S/c1-4-6-17-34-32(38)28(5-2)35(21-24-9-7-23(3)8-10-24)31(37)22-36(26-13-11-25(33)12-14-26)43(39,40)27-15-16-29-30(20-27)42-19-18-41-29/h7-16,20,28H,4-6,17-19,21-22H2,1-3H3,(H,34,38)/t28-/m0/s1. The SMILES string of the molecule is CCCCNC(=O)[C@H](CC)N(Cc1ccc(C)cc1)C(=O)CN(c1ccc(F)cc1)S(=O)(=O)c1ccc2c(c1)OCCO2. The molecule has 3 aromatic rings. The number of rotatable bonds is 13. The van der Waals surface area contributed by atoms with Crippen molar-refractivity contribution in [3.8, 4) is 11.5 Å². The van der Waals surface area contributed by atoms with Crippen LogP contribution in [0, 0.1) is 12.7 Å². The monoisotopic (exact) mass is 611 g/mol. The molecule has 0 aromatic heterocycles. The summed E-state index contributed by atoms with van der Waals surface area (Å²) in [5, 5.41) is 2.91. The Labute approximate surface area is 252 Å². The highest BCUT2D eigenvalue weighted by Gasteiger charge is 2.34. The molecule has 9 nitrogen and oxygen atoms in total. The number of fused-ring (bicyclic) bond motifs is 1. The number of unbranched alkanes of at least 4 members (excludes halogenated alkanes) is 1. The summed E-state index contributed by atoms with van der Waals surface area (Å²) in [5.74, 6) is -0.752. The smallest absolute Gasteiger partial charge is 0.264 e. The Balaban J connectivity index is 1.72. The third-order valence-electron chi connectivity index (χ3n) is 7.18. The lowest BCUT2D eigenvalue weighted by Gasteiger charge is -2.33. The highest BCUT2D eigenvalue weighted by molar-refractivity contribution is 7.92. The van der Waals surface area contributed by atoms with Gasteiger partial charge in [-0.25, -0.2) is 12.8 Å². The lowest BCUT2D eigenvalue weighted by atomic mass is 10.1. The molecule has 3 aromatic carbocycles. The molecule has 0 fully saturated rings. The fourth-order valence-electron chi connectivity index (χ4n) is 4.76. The van der Waals surface area contributed by atoms with E-state index < -0.39 is 34.3 Å². The summed E-state index contributed by atoms with van der Waals surface area (Å²) in [4.78, 5) is 28.7. The molecule has 1 heterocycles. The Morgan fingerprint density at radius 3 is 2.28 bits per heavy atom. The molecule has 0 aliphatic carbocycles. The lowest BCUT2D eigenvalue weighted by molar-refractivity contribution is -0.140. The number of nitrogens with zero attached hydrogens (tertiary/aromatic N) is 2. The first-order valence-corrected chi connectivity index (χ1v) is 15.9. The van der Waals surface area contributed by atoms with Gasteiger partial charge in [-0.1, -0.05) is 50.1 Å². The van der Waals surface area contributed by atoms with Gasteiger partial charge in [0.15, 0.2) is 11.5 Å². The molecule has 0 radical (unpaired) electrons. The fourth-order valence-corrected chi connectivity index (χ4v) is 6.19. The average Bonchev–Trinajstić information content (AvgIpc) is 3.01. The summed E-state index contributed by atoms with van der Waals surface area (Å²) in [5.41, 5.74) is 1.93. The van der Waals surface area contributed by atoms with E-state index >= 15 is 0 Å². The molecule has 4 rings (SSSR count). The number of sulfonamides is 1. The van der Waals surface area contributed by atoms with Crippen LogP contribution in [0.2, 0.25) is 0 Å². The van der Waals surface area contributed by atoms with Crippen molar-refractivity contribution in [3.63, 3.8) is 0 Å². The second-order valence-corrected chi connectivity index (χ2v) is 12.2. The molecule has 0 bridgehead atoms. The summed E-state index contributed by atoms with van der Waals surface area (Å²) in [6.45, 7) is 6.34. The van der Waals surface area contributed by atoms with Crippen molar-refractivity contribution in [3.05, 3.63) is 83.7 Å². The molecular weight excluding hydrogens is 573 g/mol. The number of halogens is 1. The van der Waals surface area contributed by atoms with Crippen LogP contribution >= 0.6 is 0 Å². The van der Waals surface area contributed by atoms with Gasteiger partial charge < -0.3 is 19.7 Å². The van der Waals surface area contributed by atoms with E-state index in [9.17, 15) is 22.4 Å². The lowest BCUT2D eigenvalue weighted by Crippen LogP contribution is -2.52. The highest BCUT2D eigenvalue weighted by atomic mass is 32.2. The van der Waals surface area contributed by atoms with E-state index in [1.165, 1.54) is 35.2 Å². The van der Waals surface area contributed by atoms with Crippen LogP contribution in [0.4, 0.5) is 10.1 Å². The molecular formula is C32H38FN3O6S. The summed E-state index contributed by atoms with van der Waals surface area (Å²) >= 11 is 0. The molecule has 0 unspecified atom stereocenters. The van der Waals surface area contributed by atoms with Gasteiger partial charge in [0.2, 0.25) is 11.8 Å². The summed E-state index contributed by atoms with van der Waals surface area (Å²) in [7, 11) is -4.35. The van der Waals surface area contributed by atoms with E-state index in [4.69, 9.17) is 9.47 Å². The third kappa shape index (κ3) is 7.84. The molecule has 43 heavy (non-hydrogen) atoms. The number of carbonyl (C=O) groups is 2. The molecule has 1 atom stereocenters. The number of anilines is 1. The predicted octanol–water partition coefficient (Wildman–Crippen LogP) is 4.82. The predicted molar refractivity (Wildman–Crippen MR) is 162 cm³/mol. The van der Waals surface area contributed by atoms with E-state index in [-0.39, 0.29) is 35.4 Å². The van der Waals surface area contributed by atoms with Gasteiger partial charge in [-0.2, -0.15) is 0 Å². The maximum Gasteiger partial charge on any atom is 0.264 e. The maximum absolute atomic E-state index is 14.1. The van der Waals surface area contributed by atoms with Crippen LogP contribution in [0.5, 0.6) is 11.5 Å². The van der Waals surface area contributed by atoms with E-state index in [2.05, 4.69) is 5.32 Å². The van der Waals surface area contributed by atoms with Crippen LogP contribution < -0.4 is 19.1 Å². The topological polar surface area (TPSA) is 105 Å². The van der Waals surface area contributed by atoms with Crippen LogP contribution in [-0.4, -0.2) is 57.5 Å². The molecule has 1 aliphatic heterocycles. The summed E-state index contributed by atoms with van der Waals surface area (Å²) in [6.07, 6.45) is 2.01. The minimum absolute atomic E-state index is 0.0974. The van der Waals surface area contributed by atoms with E-state index in [0.717, 1.165) is 40.4 Å². The first-order valence-electron chi connectivity index (χ1n) is 14.4. The van der Waals surface area contributed by atoms with E-state index in [0.29, 0.717) is 25.3 Å². The van der Waals surface area contributed by atoms with Crippen molar-refractivity contribution in [2.24, 2.45) is 0 Å². The number of hydrogen-bond donors (Lipinski definition) is 1. The Bertz CT molecular complexity index is 1510. The quantitative estimate of drug-likeness (QED) is 0.278. The van der Waals surface area contributed by atoms with Gasteiger partial charge >= 0.3 is 0 Å². The Kier molecular flexibility index (Phi) is 10.6. The van der Waals surface area contributed by atoms with Crippen molar-refractivity contribution in [2.75, 3.05) is 30.6 Å². The Hall–Kier alpha value is -4.12. The van der Waals surface area contributed by atoms with Gasteiger partial charge in [-0.3, -0.25) is 13.9 Å². The number of ether oxygens (including phenoxy) is 2. The average molecular weight is 612 g/mol. The van der Waals surface area contributed by atoms with Crippen LogP contribution in [0.25, 0.3) is 0 Å². The normalized spacial score (nSPS) is 13.2. The zero-order valence-electron chi connectivity index (χ0n) is 24.7. The van der Waals surface area contributed by atoms with Crippen LogP contribution in [0.1, 0.15) is 44.2 Å². The summed E-state index contributed by atoms with van der Waals surface area (Å²) in [6, 6.07) is 15.8. The van der Waals surface area contributed by atoms with Gasteiger partial charge in [0.1, 0.15) is 31.6 Å².